The second-order valence-corrected chi connectivity index (χ2v) is 3.96. The maximum absolute atomic E-state index is 5.30. The second-order valence-electron chi connectivity index (χ2n) is 3.96. The van der Waals surface area contributed by atoms with Crippen molar-refractivity contribution in [2.24, 2.45) is 11.1 Å². The molecule has 1 heteroatoms. The van der Waals surface area contributed by atoms with E-state index in [2.05, 4.69) is 26.8 Å². The predicted octanol–water partition coefficient (Wildman–Crippen LogP) is 2.84. The van der Waals surface area contributed by atoms with E-state index < -0.39 is 0 Å². The number of nitrogens with two attached hydrogens (primary N) is 1. The fourth-order valence-electron chi connectivity index (χ4n) is 0.993. The van der Waals surface area contributed by atoms with Crippen LogP contribution < -0.4 is 5.73 Å². The first-order valence-electron chi connectivity index (χ1n) is 4.03. The van der Waals surface area contributed by atoms with E-state index in [1.54, 1.807) is 6.20 Å². The van der Waals surface area contributed by atoms with Crippen molar-refractivity contribution in [3.05, 3.63) is 23.9 Å². The Morgan fingerprint density at radius 3 is 2.18 bits per heavy atom. The Morgan fingerprint density at radius 1 is 1.36 bits per heavy atom. The minimum atomic E-state index is 0.349. The van der Waals surface area contributed by atoms with Crippen molar-refractivity contribution in [2.45, 2.75) is 34.1 Å². The summed E-state index contributed by atoms with van der Waals surface area (Å²) in [5.41, 5.74) is 6.96. The molecule has 0 aliphatic heterocycles. The third-order valence-electron chi connectivity index (χ3n) is 1.42. The highest BCUT2D eigenvalue weighted by molar-refractivity contribution is 5.18. The SMILES string of the molecule is C/C=C(\C=C/N)CC(C)(C)C. The van der Waals surface area contributed by atoms with Crippen molar-refractivity contribution < 1.29 is 0 Å². The van der Waals surface area contributed by atoms with Crippen LogP contribution in [0.15, 0.2) is 23.9 Å². The van der Waals surface area contributed by atoms with Crippen LogP contribution in [0.25, 0.3) is 0 Å². The Kier molecular flexibility index (Phi) is 3.94. The minimum Gasteiger partial charge on any atom is -0.405 e. The zero-order chi connectivity index (χ0) is 8.91. The molecule has 0 bridgehead atoms. The second kappa shape index (κ2) is 4.22. The quantitative estimate of drug-likeness (QED) is 0.606. The average Bonchev–Trinajstić information content (AvgIpc) is 1.84. The lowest BCUT2D eigenvalue weighted by molar-refractivity contribution is 0.413. The van der Waals surface area contributed by atoms with Crippen molar-refractivity contribution in [1.82, 2.24) is 0 Å². The van der Waals surface area contributed by atoms with Crippen LogP contribution in [-0.4, -0.2) is 0 Å². The Hall–Kier alpha value is -0.720. The van der Waals surface area contributed by atoms with Crippen LogP contribution in [-0.2, 0) is 0 Å². The Balaban J connectivity index is 4.12. The van der Waals surface area contributed by atoms with Crippen LogP contribution in [0.2, 0.25) is 0 Å². The van der Waals surface area contributed by atoms with Crippen LogP contribution in [0.5, 0.6) is 0 Å². The normalized spacial score (nSPS) is 14.4. The average molecular weight is 153 g/mol. The van der Waals surface area contributed by atoms with Crippen LogP contribution in [0.3, 0.4) is 0 Å². The molecule has 0 radical (unpaired) electrons. The molecule has 0 fully saturated rings. The van der Waals surface area contributed by atoms with E-state index in [0.717, 1.165) is 6.42 Å². The largest absolute Gasteiger partial charge is 0.405 e. The van der Waals surface area contributed by atoms with Crippen LogP contribution in [0.4, 0.5) is 0 Å². The first-order chi connectivity index (χ1) is 4.99. The maximum Gasteiger partial charge on any atom is -0.00597 e. The molecule has 0 aliphatic carbocycles. The Bertz CT molecular complexity index is 158. The molecule has 64 valence electrons. The van der Waals surface area contributed by atoms with Gasteiger partial charge in [0.05, 0.1) is 0 Å². The monoisotopic (exact) mass is 153 g/mol. The molecule has 0 aromatic heterocycles. The topological polar surface area (TPSA) is 26.0 Å². The summed E-state index contributed by atoms with van der Waals surface area (Å²) in [5, 5.41) is 0. The lowest BCUT2D eigenvalue weighted by Crippen LogP contribution is -2.05. The highest BCUT2D eigenvalue weighted by atomic mass is 14.5. The summed E-state index contributed by atoms with van der Waals surface area (Å²) in [6, 6.07) is 0. The molecule has 0 aromatic rings. The molecular weight excluding hydrogens is 134 g/mol. The summed E-state index contributed by atoms with van der Waals surface area (Å²) in [7, 11) is 0. The smallest absolute Gasteiger partial charge is 0.00597 e. The van der Waals surface area contributed by atoms with E-state index in [0.29, 0.717) is 5.41 Å². The zero-order valence-electron chi connectivity index (χ0n) is 8.02. The fraction of sp³-hybridized carbons (Fsp3) is 0.600. The van der Waals surface area contributed by atoms with Gasteiger partial charge in [0.1, 0.15) is 0 Å². The molecular formula is C10H19N. The van der Waals surface area contributed by atoms with E-state index in [-0.39, 0.29) is 0 Å². The van der Waals surface area contributed by atoms with Gasteiger partial charge in [-0.15, -0.1) is 0 Å². The van der Waals surface area contributed by atoms with Gasteiger partial charge in [-0.2, -0.15) is 0 Å². The van der Waals surface area contributed by atoms with Crippen molar-refractivity contribution in [1.29, 1.82) is 0 Å². The molecule has 0 atom stereocenters. The molecule has 0 amide bonds. The van der Waals surface area contributed by atoms with Crippen LogP contribution >= 0.6 is 0 Å². The first kappa shape index (κ1) is 10.3. The Labute approximate surface area is 70.0 Å². The number of allylic oxidation sites excluding steroid dienone is 3. The van der Waals surface area contributed by atoms with Gasteiger partial charge in [-0.3, -0.25) is 0 Å². The molecule has 0 rings (SSSR count). The minimum absolute atomic E-state index is 0.349. The number of hydrogen-bond acceptors (Lipinski definition) is 1. The fourth-order valence-corrected chi connectivity index (χ4v) is 0.993. The molecule has 0 heterocycles. The van der Waals surface area contributed by atoms with Gasteiger partial charge < -0.3 is 5.73 Å². The Morgan fingerprint density at radius 2 is 1.91 bits per heavy atom. The predicted molar refractivity (Wildman–Crippen MR) is 51.2 cm³/mol. The van der Waals surface area contributed by atoms with Gasteiger partial charge >= 0.3 is 0 Å². The van der Waals surface area contributed by atoms with E-state index in [1.807, 2.05) is 13.0 Å². The summed E-state index contributed by atoms with van der Waals surface area (Å²) in [6.07, 6.45) is 6.75. The molecule has 0 spiro atoms. The molecule has 1 nitrogen and oxygen atoms in total. The molecule has 11 heavy (non-hydrogen) atoms. The van der Waals surface area contributed by atoms with E-state index in [9.17, 15) is 0 Å². The van der Waals surface area contributed by atoms with Gasteiger partial charge in [-0.1, -0.05) is 32.4 Å². The number of hydrogen-bond donors (Lipinski definition) is 1. The van der Waals surface area contributed by atoms with E-state index >= 15 is 0 Å². The number of rotatable bonds is 2. The van der Waals surface area contributed by atoms with Crippen LogP contribution in [0.1, 0.15) is 34.1 Å². The van der Waals surface area contributed by atoms with Crippen molar-refractivity contribution in [3.8, 4) is 0 Å². The van der Waals surface area contributed by atoms with Crippen LogP contribution in [0, 0.1) is 5.41 Å². The van der Waals surface area contributed by atoms with Crippen molar-refractivity contribution in [3.63, 3.8) is 0 Å². The van der Waals surface area contributed by atoms with Gasteiger partial charge in [0.25, 0.3) is 0 Å². The van der Waals surface area contributed by atoms with Gasteiger partial charge in [0.2, 0.25) is 0 Å². The summed E-state index contributed by atoms with van der Waals surface area (Å²) < 4.78 is 0. The molecule has 0 saturated carbocycles. The zero-order valence-corrected chi connectivity index (χ0v) is 8.02. The first-order valence-corrected chi connectivity index (χ1v) is 4.03. The summed E-state index contributed by atoms with van der Waals surface area (Å²) in [6.45, 7) is 8.71. The van der Waals surface area contributed by atoms with Gasteiger partial charge in [-0.05, 0) is 31.0 Å². The molecule has 2 N–H and O–H groups in total. The van der Waals surface area contributed by atoms with Gasteiger partial charge in [-0.25, -0.2) is 0 Å². The van der Waals surface area contributed by atoms with Gasteiger partial charge in [0, 0.05) is 0 Å². The summed E-state index contributed by atoms with van der Waals surface area (Å²) in [5.74, 6) is 0. The third kappa shape index (κ3) is 5.71. The summed E-state index contributed by atoms with van der Waals surface area (Å²) in [4.78, 5) is 0. The summed E-state index contributed by atoms with van der Waals surface area (Å²) >= 11 is 0. The molecule has 0 aliphatic rings. The standard InChI is InChI=1S/C10H19N/c1-5-9(6-7-11)8-10(2,3)4/h5-7H,8,11H2,1-4H3/b7-6-,9-5+. The molecule has 0 aromatic carbocycles. The van der Waals surface area contributed by atoms with Gasteiger partial charge in [0.15, 0.2) is 0 Å². The maximum atomic E-state index is 5.30. The lowest BCUT2D eigenvalue weighted by atomic mass is 9.88. The third-order valence-corrected chi connectivity index (χ3v) is 1.42. The van der Waals surface area contributed by atoms with E-state index in [4.69, 9.17) is 5.73 Å². The highest BCUT2D eigenvalue weighted by Gasteiger charge is 2.10. The highest BCUT2D eigenvalue weighted by Crippen LogP contribution is 2.24. The molecule has 0 unspecified atom stereocenters. The van der Waals surface area contributed by atoms with Crippen molar-refractivity contribution >= 4 is 0 Å². The van der Waals surface area contributed by atoms with E-state index in [1.165, 1.54) is 5.57 Å². The lowest BCUT2D eigenvalue weighted by Gasteiger charge is -2.18. The van der Waals surface area contributed by atoms with Crippen molar-refractivity contribution in [2.75, 3.05) is 0 Å². The molecule has 0 saturated heterocycles.